The number of halogens is 1. The molecule has 2 heterocycles. The van der Waals surface area contributed by atoms with Gasteiger partial charge in [-0.3, -0.25) is 0 Å². The van der Waals surface area contributed by atoms with Crippen LogP contribution < -0.4 is 5.73 Å². The number of hydrogen-bond acceptors (Lipinski definition) is 3. The van der Waals surface area contributed by atoms with Crippen molar-refractivity contribution in [3.8, 4) is 6.07 Å². The molecule has 2 nitrogen and oxygen atoms in total. The van der Waals surface area contributed by atoms with E-state index in [1.54, 1.807) is 6.07 Å². The Morgan fingerprint density at radius 1 is 1.59 bits per heavy atom. The van der Waals surface area contributed by atoms with Crippen molar-refractivity contribution < 1.29 is 4.39 Å². The number of nitrogens with zero attached hydrogens (tertiary/aromatic N) is 1. The van der Waals surface area contributed by atoms with Crippen LogP contribution in [0.3, 0.4) is 0 Å². The topological polar surface area (TPSA) is 49.8 Å². The van der Waals surface area contributed by atoms with Gasteiger partial charge in [0.1, 0.15) is 16.9 Å². The number of hydrogen-bond donors (Lipinski definition) is 1. The third-order valence-electron chi connectivity index (χ3n) is 2.96. The number of nitrogens with two attached hydrogens (primary N) is 1. The quantitative estimate of drug-likeness (QED) is 0.635. The van der Waals surface area contributed by atoms with Crippen LogP contribution in [0.1, 0.15) is 16.4 Å². The molecule has 1 saturated heterocycles. The second kappa shape index (κ2) is 3.56. The van der Waals surface area contributed by atoms with Crippen molar-refractivity contribution >= 4 is 42.8 Å². The van der Waals surface area contributed by atoms with Gasteiger partial charge in [0.2, 0.25) is 0 Å². The number of fused-ring (bicyclic) bond motifs is 1. The summed E-state index contributed by atoms with van der Waals surface area (Å²) in [5.74, 6) is 4.75. The fourth-order valence-corrected chi connectivity index (χ4v) is 4.31. The Morgan fingerprint density at radius 2 is 2.29 bits per heavy atom. The molecule has 1 aromatic carbocycles. The first kappa shape index (κ1) is 10.8. The van der Waals surface area contributed by atoms with Crippen LogP contribution in [0.25, 0.3) is 10.1 Å². The monoisotopic (exact) mass is 264 g/mol. The van der Waals surface area contributed by atoms with Gasteiger partial charge in [-0.05, 0) is 11.6 Å². The molecule has 0 amide bonds. The van der Waals surface area contributed by atoms with E-state index in [0.717, 1.165) is 22.7 Å². The minimum absolute atomic E-state index is 0.118. The number of nitrogen functional groups attached to an aromatic ring is 1. The van der Waals surface area contributed by atoms with Crippen LogP contribution in [-0.4, -0.2) is 11.6 Å². The normalized spacial score (nSPS) is 22.6. The molecule has 1 aliphatic heterocycles. The average molecular weight is 264 g/mol. The van der Waals surface area contributed by atoms with E-state index in [4.69, 9.17) is 11.0 Å². The lowest BCUT2D eigenvalue weighted by atomic mass is 10.0. The molecule has 0 bridgehead atoms. The van der Waals surface area contributed by atoms with E-state index < -0.39 is 0 Å². The van der Waals surface area contributed by atoms with Gasteiger partial charge in [-0.15, -0.1) is 11.3 Å². The van der Waals surface area contributed by atoms with Crippen molar-refractivity contribution in [2.45, 2.75) is 5.25 Å². The summed E-state index contributed by atoms with van der Waals surface area (Å²) in [7, 11) is 0.118. The van der Waals surface area contributed by atoms with Crippen LogP contribution in [-0.2, 0) is 0 Å². The van der Waals surface area contributed by atoms with Crippen molar-refractivity contribution in [1.82, 2.24) is 0 Å². The minimum atomic E-state index is -0.299. The predicted octanol–water partition coefficient (Wildman–Crippen LogP) is 3.25. The smallest absolute Gasteiger partial charge is 0.141 e. The zero-order valence-corrected chi connectivity index (χ0v) is 10.5. The van der Waals surface area contributed by atoms with Crippen LogP contribution >= 0.6 is 21.8 Å². The van der Waals surface area contributed by atoms with E-state index in [-0.39, 0.29) is 16.3 Å². The zero-order chi connectivity index (χ0) is 12.2. The van der Waals surface area contributed by atoms with Crippen LogP contribution in [0.2, 0.25) is 0 Å². The van der Waals surface area contributed by atoms with E-state index in [0.29, 0.717) is 25.9 Å². The fraction of sp³-hybridized carbons (Fsp3) is 0.167. The van der Waals surface area contributed by atoms with Crippen molar-refractivity contribution in [2.24, 2.45) is 0 Å². The SMILES string of the molecule is C=S1CC1c1ccc(F)c2sc(N)c(C#N)c12. The first-order valence-corrected chi connectivity index (χ1v) is 7.47. The standard InChI is InChI=1S/C12H9FN2S2/c1-17-5-9(17)6-2-3-8(13)11-10(6)7(4-14)12(15)16-11/h2-3,9H,1,5,15H2. The molecule has 0 radical (unpaired) electrons. The van der Waals surface area contributed by atoms with E-state index in [1.807, 2.05) is 0 Å². The van der Waals surface area contributed by atoms with Gasteiger partial charge < -0.3 is 5.73 Å². The third-order valence-corrected chi connectivity index (χ3v) is 5.55. The summed E-state index contributed by atoms with van der Waals surface area (Å²) in [6.45, 7) is 0. The predicted molar refractivity (Wildman–Crippen MR) is 73.2 cm³/mol. The highest BCUT2D eigenvalue weighted by molar-refractivity contribution is 8.20. The van der Waals surface area contributed by atoms with Crippen LogP contribution in [0.5, 0.6) is 0 Å². The molecule has 3 rings (SSSR count). The molecular formula is C12H9FN2S2. The molecule has 2 atom stereocenters. The van der Waals surface area contributed by atoms with Gasteiger partial charge >= 0.3 is 0 Å². The van der Waals surface area contributed by atoms with Gasteiger partial charge in [0.05, 0.1) is 10.3 Å². The number of nitriles is 1. The molecular weight excluding hydrogens is 255 g/mol. The van der Waals surface area contributed by atoms with Gasteiger partial charge in [-0.1, -0.05) is 11.9 Å². The number of rotatable bonds is 1. The Kier molecular flexibility index (Phi) is 2.25. The lowest BCUT2D eigenvalue weighted by Crippen LogP contribution is -1.87. The second-order valence-corrected chi connectivity index (χ2v) is 7.02. The molecule has 0 aliphatic carbocycles. The minimum Gasteiger partial charge on any atom is -0.389 e. The van der Waals surface area contributed by atoms with Crippen molar-refractivity contribution in [2.75, 3.05) is 11.5 Å². The number of thiophene rings is 1. The highest BCUT2D eigenvalue weighted by Crippen LogP contribution is 2.55. The molecule has 86 valence electrons. The molecule has 0 spiro atoms. The first-order valence-electron chi connectivity index (χ1n) is 5.03. The Bertz CT molecular complexity index is 697. The summed E-state index contributed by atoms with van der Waals surface area (Å²) < 4.78 is 14.2. The lowest BCUT2D eigenvalue weighted by Gasteiger charge is -2.01. The zero-order valence-electron chi connectivity index (χ0n) is 8.87. The molecule has 2 N–H and O–H groups in total. The van der Waals surface area contributed by atoms with E-state index >= 15 is 0 Å². The third kappa shape index (κ3) is 1.48. The second-order valence-electron chi connectivity index (χ2n) is 3.99. The van der Waals surface area contributed by atoms with E-state index in [2.05, 4.69) is 11.9 Å². The molecule has 1 aliphatic rings. The summed E-state index contributed by atoms with van der Waals surface area (Å²) in [6.07, 6.45) is 0. The molecule has 5 heteroatoms. The summed E-state index contributed by atoms with van der Waals surface area (Å²) >= 11 is 1.15. The van der Waals surface area contributed by atoms with E-state index in [9.17, 15) is 4.39 Å². The molecule has 2 aromatic rings. The van der Waals surface area contributed by atoms with Gasteiger partial charge in [0.25, 0.3) is 0 Å². The molecule has 1 fully saturated rings. The maximum Gasteiger partial charge on any atom is 0.141 e. The number of anilines is 1. The lowest BCUT2D eigenvalue weighted by molar-refractivity contribution is 0.641. The fourth-order valence-electron chi connectivity index (χ4n) is 2.02. The molecule has 2 unspecified atom stereocenters. The average Bonchev–Trinajstić information content (AvgIpc) is 2.90. The highest BCUT2D eigenvalue weighted by Gasteiger charge is 2.31. The summed E-state index contributed by atoms with van der Waals surface area (Å²) in [5.41, 5.74) is 7.22. The van der Waals surface area contributed by atoms with Gasteiger partial charge in [-0.2, -0.15) is 15.7 Å². The van der Waals surface area contributed by atoms with Crippen LogP contribution in [0.4, 0.5) is 9.39 Å². The van der Waals surface area contributed by atoms with Crippen LogP contribution in [0, 0.1) is 17.1 Å². The molecule has 17 heavy (non-hydrogen) atoms. The summed E-state index contributed by atoms with van der Waals surface area (Å²) in [6, 6.07) is 5.32. The largest absolute Gasteiger partial charge is 0.389 e. The van der Waals surface area contributed by atoms with Gasteiger partial charge in [0.15, 0.2) is 0 Å². The summed E-state index contributed by atoms with van der Waals surface area (Å²) in [5, 5.41) is 10.6. The maximum absolute atomic E-state index is 13.7. The number of benzene rings is 1. The molecule has 1 aromatic heterocycles. The summed E-state index contributed by atoms with van der Waals surface area (Å²) in [4.78, 5) is 0. The van der Waals surface area contributed by atoms with Crippen molar-refractivity contribution in [3.63, 3.8) is 0 Å². The highest BCUT2D eigenvalue weighted by atomic mass is 32.2. The Balaban J connectivity index is 2.41. The maximum atomic E-state index is 13.7. The Hall–Kier alpha value is -1.38. The van der Waals surface area contributed by atoms with Gasteiger partial charge in [-0.25, -0.2) is 4.39 Å². The van der Waals surface area contributed by atoms with E-state index in [1.165, 1.54) is 6.07 Å². The first-order chi connectivity index (χ1) is 8.13. The van der Waals surface area contributed by atoms with Crippen LogP contribution in [0.15, 0.2) is 12.1 Å². The Labute approximate surface area is 104 Å². The van der Waals surface area contributed by atoms with Crippen molar-refractivity contribution in [1.29, 1.82) is 5.26 Å². The molecule has 0 saturated carbocycles. The Morgan fingerprint density at radius 3 is 2.88 bits per heavy atom. The van der Waals surface area contributed by atoms with Crippen molar-refractivity contribution in [3.05, 3.63) is 29.1 Å². The van der Waals surface area contributed by atoms with Gasteiger partial charge in [0, 0.05) is 16.4 Å².